The first-order chi connectivity index (χ1) is 11.5. The van der Waals surface area contributed by atoms with E-state index in [1.165, 1.54) is 0 Å². The maximum atomic E-state index is 12.6. The molecule has 1 aliphatic rings. The fourth-order valence-electron chi connectivity index (χ4n) is 2.74. The zero-order chi connectivity index (χ0) is 17.2. The van der Waals surface area contributed by atoms with Gasteiger partial charge in [0.2, 0.25) is 0 Å². The van der Waals surface area contributed by atoms with E-state index in [1.807, 2.05) is 19.1 Å². The van der Waals surface area contributed by atoms with Gasteiger partial charge in [0.1, 0.15) is 5.82 Å². The van der Waals surface area contributed by atoms with Crippen molar-refractivity contribution in [3.63, 3.8) is 0 Å². The molecule has 128 valence electrons. The van der Waals surface area contributed by atoms with Crippen molar-refractivity contribution in [3.05, 3.63) is 47.7 Å². The minimum absolute atomic E-state index is 0.283. The average Bonchev–Trinajstić information content (AvgIpc) is 2.55. The number of sulfonamides is 1. The van der Waals surface area contributed by atoms with Crippen molar-refractivity contribution in [2.75, 3.05) is 35.9 Å². The fraction of sp³-hybridized carbons (Fsp3) is 0.353. The minimum atomic E-state index is -3.62. The van der Waals surface area contributed by atoms with Gasteiger partial charge in [-0.15, -0.1) is 0 Å². The molecule has 0 radical (unpaired) electrons. The molecule has 24 heavy (non-hydrogen) atoms. The van der Waals surface area contributed by atoms with Gasteiger partial charge in [0, 0.05) is 13.1 Å². The summed E-state index contributed by atoms with van der Waals surface area (Å²) in [6.07, 6.45) is 1.55. The van der Waals surface area contributed by atoms with Gasteiger partial charge < -0.3 is 9.64 Å². The molecule has 2 aromatic rings. The molecule has 3 rings (SSSR count). The van der Waals surface area contributed by atoms with Gasteiger partial charge in [0.25, 0.3) is 10.0 Å². The number of rotatable bonds is 4. The smallest absolute Gasteiger partial charge is 0.262 e. The highest BCUT2D eigenvalue weighted by Crippen LogP contribution is 2.21. The highest BCUT2D eigenvalue weighted by Gasteiger charge is 2.18. The number of morpholine rings is 1. The number of pyridine rings is 1. The predicted octanol–water partition coefficient (Wildman–Crippen LogP) is 2.34. The van der Waals surface area contributed by atoms with Crippen LogP contribution in [0.3, 0.4) is 0 Å². The lowest BCUT2D eigenvalue weighted by molar-refractivity contribution is 0.122. The second kappa shape index (κ2) is 6.78. The standard InChI is InChI=1S/C17H21N3O3S/c1-13-3-5-16(14(2)11-13)24(21,22)19-15-4-6-17(18-12-15)20-7-9-23-10-8-20/h3-6,11-12,19H,7-10H2,1-2H3. The fourth-order valence-corrected chi connectivity index (χ4v) is 4.01. The summed E-state index contributed by atoms with van der Waals surface area (Å²) in [7, 11) is -3.62. The first kappa shape index (κ1) is 16.7. The number of aryl methyl sites for hydroxylation is 2. The Morgan fingerprint density at radius 1 is 1.12 bits per heavy atom. The molecule has 0 bridgehead atoms. The molecule has 0 atom stereocenters. The summed E-state index contributed by atoms with van der Waals surface area (Å²) in [6, 6.07) is 8.84. The number of anilines is 2. The van der Waals surface area contributed by atoms with E-state index in [-0.39, 0.29) is 4.90 Å². The van der Waals surface area contributed by atoms with Crippen LogP contribution in [0.25, 0.3) is 0 Å². The third-order valence-electron chi connectivity index (χ3n) is 3.96. The third-order valence-corrected chi connectivity index (χ3v) is 5.50. The second-order valence-electron chi connectivity index (χ2n) is 5.88. The monoisotopic (exact) mass is 347 g/mol. The van der Waals surface area contributed by atoms with Crippen molar-refractivity contribution < 1.29 is 13.2 Å². The molecule has 6 nitrogen and oxygen atoms in total. The van der Waals surface area contributed by atoms with Gasteiger partial charge in [-0.1, -0.05) is 17.7 Å². The summed E-state index contributed by atoms with van der Waals surface area (Å²) in [5, 5.41) is 0. The summed E-state index contributed by atoms with van der Waals surface area (Å²) in [5.41, 5.74) is 2.20. The highest BCUT2D eigenvalue weighted by atomic mass is 32.2. The normalized spacial score (nSPS) is 15.3. The zero-order valence-electron chi connectivity index (χ0n) is 13.8. The van der Waals surface area contributed by atoms with Crippen LogP contribution in [0.1, 0.15) is 11.1 Å². The SMILES string of the molecule is Cc1ccc(S(=O)(=O)Nc2ccc(N3CCOCC3)nc2)c(C)c1. The van der Waals surface area contributed by atoms with E-state index in [9.17, 15) is 8.42 Å². The molecule has 1 aromatic heterocycles. The van der Waals surface area contributed by atoms with Crippen LogP contribution in [0, 0.1) is 13.8 Å². The van der Waals surface area contributed by atoms with Crippen LogP contribution < -0.4 is 9.62 Å². The molecule has 1 aromatic carbocycles. The number of hydrogen-bond donors (Lipinski definition) is 1. The number of benzene rings is 1. The summed E-state index contributed by atoms with van der Waals surface area (Å²) in [6.45, 7) is 6.68. The van der Waals surface area contributed by atoms with Crippen LogP contribution >= 0.6 is 0 Å². The van der Waals surface area contributed by atoms with Crippen LogP contribution in [-0.4, -0.2) is 39.7 Å². The van der Waals surface area contributed by atoms with E-state index in [0.717, 1.165) is 30.0 Å². The lowest BCUT2D eigenvalue weighted by atomic mass is 10.2. The van der Waals surface area contributed by atoms with Gasteiger partial charge in [0.15, 0.2) is 0 Å². The number of nitrogens with zero attached hydrogens (tertiary/aromatic N) is 2. The van der Waals surface area contributed by atoms with Crippen molar-refractivity contribution in [1.29, 1.82) is 0 Å². The topological polar surface area (TPSA) is 71.5 Å². The summed E-state index contributed by atoms with van der Waals surface area (Å²) in [5.74, 6) is 0.827. The van der Waals surface area contributed by atoms with Crippen molar-refractivity contribution in [3.8, 4) is 0 Å². The second-order valence-corrected chi connectivity index (χ2v) is 7.53. The molecule has 0 saturated carbocycles. The molecule has 1 aliphatic heterocycles. The molecule has 1 fully saturated rings. The van der Waals surface area contributed by atoms with Gasteiger partial charge in [0.05, 0.1) is 30.0 Å². The van der Waals surface area contributed by atoms with Crippen LogP contribution in [0.15, 0.2) is 41.4 Å². The van der Waals surface area contributed by atoms with Crippen molar-refractivity contribution in [1.82, 2.24) is 4.98 Å². The Hall–Kier alpha value is -2.12. The third kappa shape index (κ3) is 3.68. The van der Waals surface area contributed by atoms with Crippen LogP contribution in [0.4, 0.5) is 11.5 Å². The lowest BCUT2D eigenvalue weighted by Crippen LogP contribution is -2.36. The minimum Gasteiger partial charge on any atom is -0.378 e. The zero-order valence-corrected chi connectivity index (χ0v) is 14.6. The average molecular weight is 347 g/mol. The molecular formula is C17H21N3O3S. The molecular weight excluding hydrogens is 326 g/mol. The van der Waals surface area contributed by atoms with Crippen LogP contribution in [0.5, 0.6) is 0 Å². The molecule has 1 saturated heterocycles. The quantitative estimate of drug-likeness (QED) is 0.919. The number of hydrogen-bond acceptors (Lipinski definition) is 5. The van der Waals surface area contributed by atoms with Gasteiger partial charge in [-0.2, -0.15) is 0 Å². The van der Waals surface area contributed by atoms with Gasteiger partial charge in [-0.05, 0) is 37.6 Å². The Kier molecular flexibility index (Phi) is 4.73. The Morgan fingerprint density at radius 3 is 2.50 bits per heavy atom. The highest BCUT2D eigenvalue weighted by molar-refractivity contribution is 7.92. The van der Waals surface area contributed by atoms with Crippen molar-refractivity contribution in [2.45, 2.75) is 18.7 Å². The number of nitrogens with one attached hydrogen (secondary N) is 1. The summed E-state index contributed by atoms with van der Waals surface area (Å²) < 4.78 is 33.0. The van der Waals surface area contributed by atoms with E-state index in [0.29, 0.717) is 18.9 Å². The van der Waals surface area contributed by atoms with E-state index < -0.39 is 10.0 Å². The van der Waals surface area contributed by atoms with Crippen LogP contribution in [0.2, 0.25) is 0 Å². The Labute approximate surface area is 142 Å². The van der Waals surface area contributed by atoms with Crippen molar-refractivity contribution >= 4 is 21.5 Å². The van der Waals surface area contributed by atoms with E-state index in [2.05, 4.69) is 14.6 Å². The molecule has 0 unspecified atom stereocenters. The Balaban J connectivity index is 1.77. The van der Waals surface area contributed by atoms with Gasteiger partial charge in [-0.25, -0.2) is 13.4 Å². The van der Waals surface area contributed by atoms with E-state index >= 15 is 0 Å². The largest absolute Gasteiger partial charge is 0.378 e. The predicted molar refractivity (Wildman–Crippen MR) is 94.0 cm³/mol. The van der Waals surface area contributed by atoms with Gasteiger partial charge in [-0.3, -0.25) is 4.72 Å². The molecule has 2 heterocycles. The maximum absolute atomic E-state index is 12.6. The van der Waals surface area contributed by atoms with Gasteiger partial charge >= 0.3 is 0 Å². The molecule has 0 amide bonds. The summed E-state index contributed by atoms with van der Waals surface area (Å²) in [4.78, 5) is 6.76. The lowest BCUT2D eigenvalue weighted by Gasteiger charge is -2.27. The molecule has 1 N–H and O–H groups in total. The maximum Gasteiger partial charge on any atom is 0.262 e. The van der Waals surface area contributed by atoms with Crippen LogP contribution in [-0.2, 0) is 14.8 Å². The number of aromatic nitrogens is 1. The molecule has 0 aliphatic carbocycles. The van der Waals surface area contributed by atoms with E-state index in [1.54, 1.807) is 31.3 Å². The first-order valence-corrected chi connectivity index (χ1v) is 9.33. The first-order valence-electron chi connectivity index (χ1n) is 7.84. The Bertz CT molecular complexity index is 813. The van der Waals surface area contributed by atoms with E-state index in [4.69, 9.17) is 4.74 Å². The molecule has 0 spiro atoms. The number of ether oxygens (including phenoxy) is 1. The summed E-state index contributed by atoms with van der Waals surface area (Å²) >= 11 is 0. The Morgan fingerprint density at radius 2 is 1.88 bits per heavy atom. The van der Waals surface area contributed by atoms with Crippen molar-refractivity contribution in [2.24, 2.45) is 0 Å². The molecule has 7 heteroatoms.